The number of H-pyrrole nitrogens is 1. The molecule has 0 aliphatic carbocycles. The molecule has 0 fully saturated rings. The minimum atomic E-state index is -0.570. The highest BCUT2D eigenvalue weighted by Gasteiger charge is 2.14. The van der Waals surface area contributed by atoms with Gasteiger partial charge < -0.3 is 10.1 Å². The van der Waals surface area contributed by atoms with Crippen molar-refractivity contribution < 1.29 is 14.3 Å². The standard InChI is InChI=1S/C17H15N3O3/c1-11-5-7-13(8-6-11)19-15(21)10-23-17(22)14-4-2-3-12-9-18-20-16(12)14/h2-9H,10H2,1H3,(H,18,20)(H,19,21). The lowest BCUT2D eigenvalue weighted by atomic mass is 10.1. The van der Waals surface area contributed by atoms with Gasteiger partial charge >= 0.3 is 5.97 Å². The zero-order chi connectivity index (χ0) is 16.2. The first-order valence-electron chi connectivity index (χ1n) is 7.09. The molecule has 0 bridgehead atoms. The summed E-state index contributed by atoms with van der Waals surface area (Å²) in [6, 6.07) is 12.6. The summed E-state index contributed by atoms with van der Waals surface area (Å²) in [7, 11) is 0. The van der Waals surface area contributed by atoms with E-state index >= 15 is 0 Å². The second kappa shape index (κ2) is 6.31. The van der Waals surface area contributed by atoms with Gasteiger partial charge in [-0.05, 0) is 25.1 Å². The third kappa shape index (κ3) is 3.37. The van der Waals surface area contributed by atoms with Gasteiger partial charge in [0.25, 0.3) is 5.91 Å². The second-order valence-corrected chi connectivity index (χ2v) is 5.13. The Labute approximate surface area is 132 Å². The number of anilines is 1. The van der Waals surface area contributed by atoms with Crippen LogP contribution in [0.1, 0.15) is 15.9 Å². The number of aryl methyl sites for hydroxylation is 1. The fraction of sp³-hybridized carbons (Fsp3) is 0.118. The minimum Gasteiger partial charge on any atom is -0.452 e. The van der Waals surface area contributed by atoms with Crippen molar-refractivity contribution in [1.29, 1.82) is 0 Å². The summed E-state index contributed by atoms with van der Waals surface area (Å²) in [5.74, 6) is -0.960. The molecule has 0 radical (unpaired) electrons. The topological polar surface area (TPSA) is 84.1 Å². The van der Waals surface area contributed by atoms with Crippen LogP contribution >= 0.6 is 0 Å². The van der Waals surface area contributed by atoms with Gasteiger partial charge in [0.15, 0.2) is 6.61 Å². The number of para-hydroxylation sites is 1. The first-order valence-corrected chi connectivity index (χ1v) is 7.09. The third-order valence-electron chi connectivity index (χ3n) is 3.37. The SMILES string of the molecule is Cc1ccc(NC(=O)COC(=O)c2cccc3cn[nH]c23)cc1. The van der Waals surface area contributed by atoms with Crippen LogP contribution in [-0.2, 0) is 9.53 Å². The van der Waals surface area contributed by atoms with Gasteiger partial charge in [-0.2, -0.15) is 5.10 Å². The molecule has 0 atom stereocenters. The summed E-state index contributed by atoms with van der Waals surface area (Å²) in [6.45, 7) is 1.61. The number of rotatable bonds is 4. The Morgan fingerprint density at radius 1 is 1.17 bits per heavy atom. The number of esters is 1. The van der Waals surface area contributed by atoms with Crippen LogP contribution < -0.4 is 5.32 Å². The molecule has 0 unspecified atom stereocenters. The monoisotopic (exact) mass is 309 g/mol. The van der Waals surface area contributed by atoms with E-state index in [9.17, 15) is 9.59 Å². The van der Waals surface area contributed by atoms with Gasteiger partial charge in [-0.3, -0.25) is 9.89 Å². The average Bonchev–Trinajstić information content (AvgIpc) is 3.03. The van der Waals surface area contributed by atoms with E-state index in [1.807, 2.05) is 25.1 Å². The van der Waals surface area contributed by atoms with Crippen LogP contribution in [0.15, 0.2) is 48.7 Å². The van der Waals surface area contributed by atoms with Crippen LogP contribution in [0.3, 0.4) is 0 Å². The Morgan fingerprint density at radius 2 is 1.96 bits per heavy atom. The molecule has 3 rings (SSSR count). The van der Waals surface area contributed by atoms with Crippen LogP contribution in [0.25, 0.3) is 10.9 Å². The van der Waals surface area contributed by atoms with Crippen molar-refractivity contribution in [3.8, 4) is 0 Å². The van der Waals surface area contributed by atoms with Crippen LogP contribution in [0.2, 0.25) is 0 Å². The number of aromatic nitrogens is 2. The number of nitrogens with zero attached hydrogens (tertiary/aromatic N) is 1. The van der Waals surface area contributed by atoms with Gasteiger partial charge in [0.05, 0.1) is 17.3 Å². The van der Waals surface area contributed by atoms with E-state index in [1.54, 1.807) is 30.5 Å². The van der Waals surface area contributed by atoms with Gasteiger partial charge in [0, 0.05) is 11.1 Å². The summed E-state index contributed by atoms with van der Waals surface area (Å²) in [5.41, 5.74) is 2.70. The second-order valence-electron chi connectivity index (χ2n) is 5.13. The molecule has 2 aromatic carbocycles. The lowest BCUT2D eigenvalue weighted by molar-refractivity contribution is -0.119. The average molecular weight is 309 g/mol. The van der Waals surface area contributed by atoms with Crippen LogP contribution in [-0.4, -0.2) is 28.7 Å². The van der Waals surface area contributed by atoms with Crippen molar-refractivity contribution in [1.82, 2.24) is 10.2 Å². The number of benzene rings is 2. The molecule has 0 saturated carbocycles. The number of aromatic amines is 1. The molecule has 6 heteroatoms. The Bertz CT molecular complexity index is 853. The van der Waals surface area contributed by atoms with Gasteiger partial charge in [0.1, 0.15) is 0 Å². The van der Waals surface area contributed by atoms with E-state index in [2.05, 4.69) is 15.5 Å². The van der Waals surface area contributed by atoms with Gasteiger partial charge in [-0.25, -0.2) is 4.79 Å². The molecule has 1 aromatic heterocycles. The maximum Gasteiger partial charge on any atom is 0.340 e. The number of nitrogens with one attached hydrogen (secondary N) is 2. The van der Waals surface area contributed by atoms with E-state index in [-0.39, 0.29) is 12.5 Å². The highest BCUT2D eigenvalue weighted by atomic mass is 16.5. The Hall–Kier alpha value is -3.15. The highest BCUT2D eigenvalue weighted by Crippen LogP contribution is 2.16. The maximum absolute atomic E-state index is 12.1. The molecule has 0 spiro atoms. The summed E-state index contributed by atoms with van der Waals surface area (Å²) >= 11 is 0. The Morgan fingerprint density at radius 3 is 2.74 bits per heavy atom. The van der Waals surface area contributed by atoms with Crippen LogP contribution in [0.5, 0.6) is 0 Å². The quantitative estimate of drug-likeness (QED) is 0.726. The predicted molar refractivity (Wildman–Crippen MR) is 86.2 cm³/mol. The molecular weight excluding hydrogens is 294 g/mol. The number of amides is 1. The fourth-order valence-electron chi connectivity index (χ4n) is 2.18. The number of hydrogen-bond acceptors (Lipinski definition) is 4. The smallest absolute Gasteiger partial charge is 0.340 e. The lowest BCUT2D eigenvalue weighted by Crippen LogP contribution is -2.21. The number of fused-ring (bicyclic) bond motifs is 1. The maximum atomic E-state index is 12.1. The van der Waals surface area contributed by atoms with E-state index in [0.29, 0.717) is 16.8 Å². The molecule has 116 valence electrons. The number of ether oxygens (including phenoxy) is 1. The predicted octanol–water partition coefficient (Wildman–Crippen LogP) is 2.67. The molecule has 23 heavy (non-hydrogen) atoms. The van der Waals surface area contributed by atoms with Crippen LogP contribution in [0, 0.1) is 6.92 Å². The third-order valence-corrected chi connectivity index (χ3v) is 3.37. The largest absolute Gasteiger partial charge is 0.452 e. The molecule has 0 aliphatic rings. The summed E-state index contributed by atoms with van der Waals surface area (Å²) < 4.78 is 5.06. The van der Waals surface area contributed by atoms with Crippen molar-refractivity contribution in [2.75, 3.05) is 11.9 Å². The Kier molecular flexibility index (Phi) is 4.05. The summed E-state index contributed by atoms with van der Waals surface area (Å²) in [4.78, 5) is 23.9. The van der Waals surface area contributed by atoms with Crippen molar-refractivity contribution in [3.63, 3.8) is 0 Å². The van der Waals surface area contributed by atoms with Crippen LogP contribution in [0.4, 0.5) is 5.69 Å². The zero-order valence-electron chi connectivity index (χ0n) is 12.5. The normalized spacial score (nSPS) is 10.5. The number of carbonyl (C=O) groups excluding carboxylic acids is 2. The van der Waals surface area contributed by atoms with Crippen molar-refractivity contribution in [2.45, 2.75) is 6.92 Å². The number of carbonyl (C=O) groups is 2. The van der Waals surface area contributed by atoms with E-state index in [4.69, 9.17) is 4.74 Å². The number of hydrogen-bond donors (Lipinski definition) is 2. The molecule has 6 nitrogen and oxygen atoms in total. The van der Waals surface area contributed by atoms with E-state index in [0.717, 1.165) is 10.9 Å². The molecule has 3 aromatic rings. The van der Waals surface area contributed by atoms with Gasteiger partial charge in [0.2, 0.25) is 0 Å². The van der Waals surface area contributed by atoms with Crippen molar-refractivity contribution >= 4 is 28.5 Å². The fourth-order valence-corrected chi connectivity index (χ4v) is 2.18. The molecule has 1 heterocycles. The van der Waals surface area contributed by atoms with Gasteiger partial charge in [-0.15, -0.1) is 0 Å². The van der Waals surface area contributed by atoms with Gasteiger partial charge in [-0.1, -0.05) is 29.8 Å². The first-order chi connectivity index (χ1) is 11.1. The summed E-state index contributed by atoms with van der Waals surface area (Å²) in [6.07, 6.45) is 1.62. The molecule has 0 aliphatic heterocycles. The van der Waals surface area contributed by atoms with E-state index in [1.165, 1.54) is 0 Å². The first kappa shape index (κ1) is 14.8. The minimum absolute atomic E-state index is 0.350. The highest BCUT2D eigenvalue weighted by molar-refractivity contribution is 6.03. The summed E-state index contributed by atoms with van der Waals surface area (Å²) in [5, 5.41) is 10.1. The molecule has 0 saturated heterocycles. The van der Waals surface area contributed by atoms with Crippen molar-refractivity contribution in [2.24, 2.45) is 0 Å². The Balaban J connectivity index is 1.61. The van der Waals surface area contributed by atoms with Crippen molar-refractivity contribution in [3.05, 3.63) is 59.8 Å². The lowest BCUT2D eigenvalue weighted by Gasteiger charge is -2.07. The molecule has 1 amide bonds. The zero-order valence-corrected chi connectivity index (χ0v) is 12.5. The van der Waals surface area contributed by atoms with E-state index < -0.39 is 5.97 Å². The molecule has 2 N–H and O–H groups in total. The molecular formula is C17H15N3O3.